The summed E-state index contributed by atoms with van der Waals surface area (Å²) in [5.74, 6) is -4.77. The number of alkyl halides is 3. The summed E-state index contributed by atoms with van der Waals surface area (Å²) in [6.07, 6.45) is -4.66. The molecule has 1 aromatic carbocycles. The van der Waals surface area contributed by atoms with Gasteiger partial charge in [0.2, 0.25) is 0 Å². The van der Waals surface area contributed by atoms with Gasteiger partial charge >= 0.3 is 12.1 Å². The molecule has 1 unspecified atom stereocenters. The fourth-order valence-corrected chi connectivity index (χ4v) is 2.44. The lowest BCUT2D eigenvalue weighted by atomic mass is 10.1. The number of carbonyl (C=O) groups excluding carboxylic acids is 2. The molecule has 144 valence electrons. The Morgan fingerprint density at radius 3 is 2.46 bits per heavy atom. The number of amides is 1. The van der Waals surface area contributed by atoms with Gasteiger partial charge in [-0.1, -0.05) is 0 Å². The van der Waals surface area contributed by atoms with E-state index < -0.39 is 54.4 Å². The van der Waals surface area contributed by atoms with Gasteiger partial charge < -0.3 is 19.7 Å². The lowest BCUT2D eigenvalue weighted by molar-refractivity contribution is -0.167. The summed E-state index contributed by atoms with van der Waals surface area (Å²) >= 11 is 0. The Bertz CT molecular complexity index is 672. The van der Waals surface area contributed by atoms with Crippen LogP contribution in [0.3, 0.4) is 0 Å². The number of nitrogens with zero attached hydrogens (tertiary/aromatic N) is 1. The summed E-state index contributed by atoms with van der Waals surface area (Å²) in [7, 11) is 1.06. The molecule has 1 aliphatic heterocycles. The Balaban J connectivity index is 2.28. The van der Waals surface area contributed by atoms with Crippen LogP contribution in [0.4, 0.5) is 27.6 Å². The Labute approximate surface area is 144 Å². The maximum atomic E-state index is 14.2. The molecular weight excluding hydrogens is 367 g/mol. The van der Waals surface area contributed by atoms with Crippen LogP contribution >= 0.6 is 0 Å². The number of carbonyl (C=O) groups is 2. The summed E-state index contributed by atoms with van der Waals surface area (Å²) in [4.78, 5) is 23.5. The van der Waals surface area contributed by atoms with Gasteiger partial charge in [0.25, 0.3) is 5.91 Å². The van der Waals surface area contributed by atoms with E-state index in [2.05, 4.69) is 4.74 Å². The lowest BCUT2D eigenvalue weighted by Gasteiger charge is -2.38. The van der Waals surface area contributed by atoms with Crippen molar-refractivity contribution in [3.8, 4) is 0 Å². The topological polar surface area (TPSA) is 67.9 Å². The number of methoxy groups -OCH3 is 1. The van der Waals surface area contributed by atoms with E-state index in [-0.39, 0.29) is 18.8 Å². The van der Waals surface area contributed by atoms with Gasteiger partial charge in [-0.25, -0.2) is 8.78 Å². The van der Waals surface area contributed by atoms with Gasteiger partial charge in [0.05, 0.1) is 20.3 Å². The largest absolute Gasteiger partial charge is 0.468 e. The third kappa shape index (κ3) is 4.40. The number of esters is 1. The Morgan fingerprint density at radius 1 is 1.31 bits per heavy atom. The number of morpholine rings is 1. The summed E-state index contributed by atoms with van der Waals surface area (Å²) in [6.45, 7) is -1.56. The van der Waals surface area contributed by atoms with Crippen LogP contribution in [0.5, 0.6) is 0 Å². The van der Waals surface area contributed by atoms with E-state index in [0.717, 1.165) is 12.0 Å². The first-order valence-electron chi connectivity index (χ1n) is 7.40. The van der Waals surface area contributed by atoms with Crippen LogP contribution in [-0.2, 0) is 14.3 Å². The van der Waals surface area contributed by atoms with Gasteiger partial charge in [-0.2, -0.15) is 13.2 Å². The molecule has 11 heteroatoms. The summed E-state index contributed by atoms with van der Waals surface area (Å²) in [5.41, 5.74) is -1.37. The average Bonchev–Trinajstić information content (AvgIpc) is 2.58. The van der Waals surface area contributed by atoms with E-state index in [4.69, 9.17) is 4.74 Å². The maximum Gasteiger partial charge on any atom is 0.411 e. The molecule has 1 aromatic rings. The fraction of sp³-hybridized carbons (Fsp3) is 0.467. The van der Waals surface area contributed by atoms with Crippen molar-refractivity contribution >= 4 is 17.6 Å². The van der Waals surface area contributed by atoms with Crippen molar-refractivity contribution < 1.29 is 41.0 Å². The molecule has 0 spiro atoms. The quantitative estimate of drug-likeness (QED) is 0.634. The molecule has 1 heterocycles. The molecular formula is C15H15F5N2O4. The van der Waals surface area contributed by atoms with Crippen molar-refractivity contribution in [2.24, 2.45) is 0 Å². The van der Waals surface area contributed by atoms with Crippen molar-refractivity contribution in [1.29, 1.82) is 0 Å². The molecule has 0 aliphatic carbocycles. The predicted molar refractivity (Wildman–Crippen MR) is 78.7 cm³/mol. The number of anilines is 1. The smallest absolute Gasteiger partial charge is 0.411 e. The minimum absolute atomic E-state index is 0.0445. The minimum Gasteiger partial charge on any atom is -0.468 e. The van der Waals surface area contributed by atoms with Crippen LogP contribution in [0.25, 0.3) is 0 Å². The molecule has 1 N–H and O–H groups in total. The van der Waals surface area contributed by atoms with Crippen LogP contribution in [0, 0.1) is 11.6 Å². The molecule has 26 heavy (non-hydrogen) atoms. The Kier molecular flexibility index (Phi) is 6.01. The van der Waals surface area contributed by atoms with Gasteiger partial charge in [0.1, 0.15) is 29.8 Å². The lowest BCUT2D eigenvalue weighted by Crippen LogP contribution is -2.53. The van der Waals surface area contributed by atoms with E-state index in [9.17, 15) is 31.5 Å². The zero-order valence-electron chi connectivity index (χ0n) is 13.5. The number of hydrogen-bond acceptors (Lipinski definition) is 5. The SMILES string of the molecule is COC(=O)CNC(=O)c1c(F)cc(N2CCOCC2C(F)(F)F)cc1F. The molecule has 0 bridgehead atoms. The number of ether oxygens (including phenoxy) is 2. The first-order chi connectivity index (χ1) is 12.1. The highest BCUT2D eigenvalue weighted by Gasteiger charge is 2.45. The molecule has 0 radical (unpaired) electrons. The number of rotatable bonds is 4. The van der Waals surface area contributed by atoms with Crippen LogP contribution < -0.4 is 10.2 Å². The normalized spacial score (nSPS) is 17.8. The van der Waals surface area contributed by atoms with Crippen LogP contribution in [0.2, 0.25) is 0 Å². The van der Waals surface area contributed by atoms with Crippen LogP contribution in [-0.4, -0.2) is 57.5 Å². The van der Waals surface area contributed by atoms with Gasteiger partial charge in [-0.15, -0.1) is 0 Å². The molecule has 1 atom stereocenters. The first-order valence-corrected chi connectivity index (χ1v) is 7.40. The molecule has 1 amide bonds. The number of benzene rings is 1. The maximum absolute atomic E-state index is 14.2. The monoisotopic (exact) mass is 382 g/mol. The number of hydrogen-bond donors (Lipinski definition) is 1. The number of nitrogens with one attached hydrogen (secondary N) is 1. The summed E-state index contributed by atoms with van der Waals surface area (Å²) in [5, 5.41) is 1.96. The van der Waals surface area contributed by atoms with Crippen molar-refractivity contribution in [3.05, 3.63) is 29.3 Å². The fourth-order valence-electron chi connectivity index (χ4n) is 2.44. The highest BCUT2D eigenvalue weighted by atomic mass is 19.4. The molecule has 2 rings (SSSR count). The average molecular weight is 382 g/mol. The Morgan fingerprint density at radius 2 is 1.92 bits per heavy atom. The number of halogens is 5. The third-order valence-corrected chi connectivity index (χ3v) is 3.71. The predicted octanol–water partition coefficient (Wildman–Crippen LogP) is 1.64. The van der Waals surface area contributed by atoms with Crippen molar-refractivity contribution in [2.45, 2.75) is 12.2 Å². The van der Waals surface area contributed by atoms with Crippen molar-refractivity contribution in [2.75, 3.05) is 38.3 Å². The van der Waals surface area contributed by atoms with Gasteiger partial charge in [-0.3, -0.25) is 9.59 Å². The molecule has 1 aliphatic rings. The highest BCUT2D eigenvalue weighted by molar-refractivity contribution is 5.96. The second-order valence-corrected chi connectivity index (χ2v) is 5.37. The van der Waals surface area contributed by atoms with Gasteiger partial charge in [-0.05, 0) is 12.1 Å². The zero-order chi connectivity index (χ0) is 19.5. The van der Waals surface area contributed by atoms with Crippen LogP contribution in [0.15, 0.2) is 12.1 Å². The van der Waals surface area contributed by atoms with Crippen LogP contribution in [0.1, 0.15) is 10.4 Å². The van der Waals surface area contributed by atoms with E-state index in [0.29, 0.717) is 12.1 Å². The van der Waals surface area contributed by atoms with Crippen molar-refractivity contribution in [1.82, 2.24) is 5.32 Å². The van der Waals surface area contributed by atoms with E-state index >= 15 is 0 Å². The molecule has 0 saturated carbocycles. The first kappa shape index (κ1) is 19.9. The van der Waals surface area contributed by atoms with Gasteiger partial charge in [0, 0.05) is 12.2 Å². The minimum atomic E-state index is -4.66. The summed E-state index contributed by atoms with van der Waals surface area (Å²) in [6, 6.07) is -0.783. The Hall–Kier alpha value is -2.43. The van der Waals surface area contributed by atoms with Crippen molar-refractivity contribution in [3.63, 3.8) is 0 Å². The molecule has 1 fully saturated rings. The standard InChI is InChI=1S/C15H15F5N2O4/c1-25-12(23)6-21-14(24)13-9(16)4-8(5-10(13)17)22-2-3-26-7-11(22)15(18,19)20/h4-5,11H,2-3,6-7H2,1H3,(H,21,24). The zero-order valence-corrected chi connectivity index (χ0v) is 13.5. The van der Waals surface area contributed by atoms with Gasteiger partial charge in [0.15, 0.2) is 0 Å². The second-order valence-electron chi connectivity index (χ2n) is 5.37. The molecule has 6 nitrogen and oxygen atoms in total. The second kappa shape index (κ2) is 7.85. The highest BCUT2D eigenvalue weighted by Crippen LogP contribution is 2.32. The molecule has 1 saturated heterocycles. The van der Waals surface area contributed by atoms with E-state index in [1.54, 1.807) is 0 Å². The van der Waals surface area contributed by atoms with E-state index in [1.807, 2.05) is 5.32 Å². The van der Waals surface area contributed by atoms with E-state index in [1.165, 1.54) is 0 Å². The summed E-state index contributed by atoms with van der Waals surface area (Å²) < 4.78 is 76.7. The third-order valence-electron chi connectivity index (χ3n) is 3.71. The molecule has 0 aromatic heterocycles.